The van der Waals surface area contributed by atoms with E-state index in [1.807, 2.05) is 41.5 Å². The number of hydrogen-bond acceptors (Lipinski definition) is 4. The van der Waals surface area contributed by atoms with Crippen LogP contribution < -0.4 is 0 Å². The van der Waals surface area contributed by atoms with Crippen LogP contribution in [0.5, 0.6) is 0 Å². The number of carbonyl (C=O) groups is 2. The maximum Gasteiger partial charge on any atom is 0.306 e. The van der Waals surface area contributed by atoms with Crippen molar-refractivity contribution in [3.8, 4) is 0 Å². The molecule has 34 heavy (non-hydrogen) atoms. The third-order valence-corrected chi connectivity index (χ3v) is 6.67. The number of hydrogen-bond donors (Lipinski definition) is 0. The van der Waals surface area contributed by atoms with Crippen LogP contribution in [0.1, 0.15) is 157 Å². The molecule has 0 bridgehead atoms. The predicted octanol–water partition coefficient (Wildman–Crippen LogP) is 9.25. The van der Waals surface area contributed by atoms with Crippen molar-refractivity contribution in [3.63, 3.8) is 0 Å². The normalized spacial score (nSPS) is 12.3. The van der Waals surface area contributed by atoms with Crippen molar-refractivity contribution in [1.82, 2.24) is 0 Å². The Hall–Kier alpha value is -1.32. The molecule has 0 radical (unpaired) electrons. The Bertz CT molecular complexity index is 548. The molecule has 0 heterocycles. The minimum absolute atomic E-state index is 0.0449. The number of allylic oxidation sites excluding steroid dienone is 2. The second-order valence-corrected chi connectivity index (χ2v) is 11.0. The first-order valence-corrected chi connectivity index (χ1v) is 14.2. The van der Waals surface area contributed by atoms with Crippen molar-refractivity contribution in [2.45, 2.75) is 168 Å². The molecule has 0 aromatic carbocycles. The van der Waals surface area contributed by atoms with Crippen LogP contribution in [0.25, 0.3) is 0 Å². The topological polar surface area (TPSA) is 52.6 Å². The van der Waals surface area contributed by atoms with Crippen LogP contribution in [0, 0.1) is 0 Å². The van der Waals surface area contributed by atoms with Crippen molar-refractivity contribution in [3.05, 3.63) is 12.2 Å². The molecular weight excluding hydrogens is 424 g/mol. The van der Waals surface area contributed by atoms with E-state index in [0.29, 0.717) is 12.8 Å². The van der Waals surface area contributed by atoms with Gasteiger partial charge < -0.3 is 9.47 Å². The van der Waals surface area contributed by atoms with Crippen LogP contribution in [0.4, 0.5) is 0 Å². The van der Waals surface area contributed by atoms with E-state index >= 15 is 0 Å². The third-order valence-electron chi connectivity index (χ3n) is 6.67. The molecule has 0 saturated carbocycles. The number of ether oxygens (including phenoxy) is 2. The quantitative estimate of drug-likeness (QED) is 0.0880. The Morgan fingerprint density at radius 3 is 1.32 bits per heavy atom. The van der Waals surface area contributed by atoms with Crippen LogP contribution in [0.3, 0.4) is 0 Å². The fourth-order valence-corrected chi connectivity index (χ4v) is 3.60. The molecule has 0 aromatic heterocycles. The molecule has 0 rings (SSSR count). The first kappa shape index (κ1) is 32.7. The average Bonchev–Trinajstić information content (AvgIpc) is 2.77. The van der Waals surface area contributed by atoms with Crippen molar-refractivity contribution in [2.75, 3.05) is 0 Å². The summed E-state index contributed by atoms with van der Waals surface area (Å²) in [6, 6.07) is 0. The van der Waals surface area contributed by atoms with Gasteiger partial charge in [-0.15, -0.1) is 0 Å². The number of rotatable bonds is 22. The van der Waals surface area contributed by atoms with Crippen molar-refractivity contribution in [1.29, 1.82) is 0 Å². The molecule has 0 saturated heterocycles. The molecule has 0 aromatic rings. The molecule has 4 nitrogen and oxygen atoms in total. The molecular formula is C30H56O4. The summed E-state index contributed by atoms with van der Waals surface area (Å²) in [5.74, 6) is -0.137. The standard InChI is InChI=1S/C30H56O4/c1-7-29(3,4)33-27(31)25-23-21-19-17-15-13-11-9-10-12-14-16-18-20-22-24-26-28(32)34-30(5,6)8-2/h19,21H,7-18,20,22-26H2,1-6H3/b21-19+. The highest BCUT2D eigenvalue weighted by Gasteiger charge is 2.20. The van der Waals surface area contributed by atoms with Gasteiger partial charge in [-0.25, -0.2) is 0 Å². The van der Waals surface area contributed by atoms with Gasteiger partial charge in [0.2, 0.25) is 0 Å². The van der Waals surface area contributed by atoms with Gasteiger partial charge in [-0.2, -0.15) is 0 Å². The first-order chi connectivity index (χ1) is 16.1. The summed E-state index contributed by atoms with van der Waals surface area (Å²) in [5, 5.41) is 0. The van der Waals surface area contributed by atoms with E-state index in [4.69, 9.17) is 9.47 Å². The summed E-state index contributed by atoms with van der Waals surface area (Å²) >= 11 is 0. The second-order valence-electron chi connectivity index (χ2n) is 11.0. The van der Waals surface area contributed by atoms with Gasteiger partial charge >= 0.3 is 11.9 Å². The van der Waals surface area contributed by atoms with Crippen LogP contribution in [0.15, 0.2) is 12.2 Å². The minimum Gasteiger partial charge on any atom is -0.460 e. The van der Waals surface area contributed by atoms with Gasteiger partial charge in [0.1, 0.15) is 11.2 Å². The molecule has 0 amide bonds. The van der Waals surface area contributed by atoms with E-state index in [-0.39, 0.29) is 23.1 Å². The molecule has 4 heteroatoms. The lowest BCUT2D eigenvalue weighted by molar-refractivity contribution is -0.157. The van der Waals surface area contributed by atoms with Gasteiger partial charge in [0.15, 0.2) is 0 Å². The van der Waals surface area contributed by atoms with Crippen LogP contribution in [0.2, 0.25) is 0 Å². The Morgan fingerprint density at radius 2 is 0.882 bits per heavy atom. The second kappa shape index (κ2) is 19.9. The largest absolute Gasteiger partial charge is 0.460 e. The smallest absolute Gasteiger partial charge is 0.306 e. The highest BCUT2D eigenvalue weighted by molar-refractivity contribution is 5.70. The van der Waals surface area contributed by atoms with Gasteiger partial charge in [-0.05, 0) is 66.2 Å². The van der Waals surface area contributed by atoms with E-state index in [1.165, 1.54) is 64.2 Å². The lowest BCUT2D eigenvalue weighted by atomic mass is 10.0. The molecule has 0 atom stereocenters. The van der Waals surface area contributed by atoms with Crippen LogP contribution in [-0.4, -0.2) is 23.1 Å². The summed E-state index contributed by atoms with van der Waals surface area (Å²) in [6.45, 7) is 12.0. The van der Waals surface area contributed by atoms with Crippen molar-refractivity contribution >= 4 is 11.9 Å². The third kappa shape index (κ3) is 21.2. The summed E-state index contributed by atoms with van der Waals surface area (Å²) in [7, 11) is 0. The summed E-state index contributed by atoms with van der Waals surface area (Å²) in [5.41, 5.74) is -0.663. The SMILES string of the molecule is CCC(C)(C)OC(=O)CC/C=C/CCCCCCCCCCCCCCC(=O)OC(C)(C)CC. The Balaban J connectivity index is 3.36. The van der Waals surface area contributed by atoms with Crippen molar-refractivity contribution in [2.24, 2.45) is 0 Å². The number of unbranched alkanes of at least 4 members (excludes halogenated alkanes) is 12. The number of carbonyl (C=O) groups excluding carboxylic acids is 2. The van der Waals surface area contributed by atoms with Gasteiger partial charge in [0, 0.05) is 12.8 Å². The zero-order valence-corrected chi connectivity index (χ0v) is 23.5. The lowest BCUT2D eigenvalue weighted by Crippen LogP contribution is -2.26. The maximum absolute atomic E-state index is 11.8. The Kier molecular flexibility index (Phi) is 19.2. The molecule has 0 spiro atoms. The Morgan fingerprint density at radius 1 is 0.529 bits per heavy atom. The highest BCUT2D eigenvalue weighted by atomic mass is 16.6. The van der Waals surface area contributed by atoms with E-state index < -0.39 is 0 Å². The molecule has 0 fully saturated rings. The molecule has 200 valence electrons. The highest BCUT2D eigenvalue weighted by Crippen LogP contribution is 2.17. The zero-order chi connectivity index (χ0) is 25.7. The maximum atomic E-state index is 11.8. The van der Waals surface area contributed by atoms with E-state index in [2.05, 4.69) is 12.2 Å². The van der Waals surface area contributed by atoms with Gasteiger partial charge in [0.05, 0.1) is 0 Å². The van der Waals surface area contributed by atoms with Crippen LogP contribution >= 0.6 is 0 Å². The van der Waals surface area contributed by atoms with E-state index in [1.54, 1.807) is 0 Å². The minimum atomic E-state index is -0.342. The van der Waals surface area contributed by atoms with Crippen LogP contribution in [-0.2, 0) is 19.1 Å². The summed E-state index contributed by atoms with van der Waals surface area (Å²) in [4.78, 5) is 23.6. The van der Waals surface area contributed by atoms with Gasteiger partial charge in [0.25, 0.3) is 0 Å². The monoisotopic (exact) mass is 480 g/mol. The molecule has 0 aliphatic rings. The van der Waals surface area contributed by atoms with Gasteiger partial charge in [-0.3, -0.25) is 9.59 Å². The molecule has 0 aliphatic heterocycles. The fraction of sp³-hybridized carbons (Fsp3) is 0.867. The first-order valence-electron chi connectivity index (χ1n) is 14.2. The molecule has 0 unspecified atom stereocenters. The van der Waals surface area contributed by atoms with E-state index in [9.17, 15) is 9.59 Å². The average molecular weight is 481 g/mol. The number of esters is 2. The molecule has 0 N–H and O–H groups in total. The van der Waals surface area contributed by atoms with Gasteiger partial charge in [-0.1, -0.05) is 90.2 Å². The Labute approximate surface area is 211 Å². The predicted molar refractivity (Wildman–Crippen MR) is 144 cm³/mol. The summed E-state index contributed by atoms with van der Waals surface area (Å²) in [6.07, 6.45) is 24.2. The zero-order valence-electron chi connectivity index (χ0n) is 23.5. The fourth-order valence-electron chi connectivity index (χ4n) is 3.60. The summed E-state index contributed by atoms with van der Waals surface area (Å²) < 4.78 is 10.9. The molecule has 0 aliphatic carbocycles. The lowest BCUT2D eigenvalue weighted by Gasteiger charge is -2.23. The van der Waals surface area contributed by atoms with Crippen molar-refractivity contribution < 1.29 is 19.1 Å². The van der Waals surface area contributed by atoms with E-state index in [0.717, 1.165) is 38.5 Å².